The summed E-state index contributed by atoms with van der Waals surface area (Å²) in [5, 5.41) is 10.5. The van der Waals surface area contributed by atoms with Gasteiger partial charge in [0.25, 0.3) is 5.91 Å². The Kier molecular flexibility index (Phi) is 5.13. The molecular formula is C19H13ClF4N6O. The zero-order chi connectivity index (χ0) is 22.3. The Morgan fingerprint density at radius 1 is 1.19 bits per heavy atom. The van der Waals surface area contributed by atoms with E-state index in [9.17, 15) is 22.4 Å². The van der Waals surface area contributed by atoms with Gasteiger partial charge in [0.2, 0.25) is 0 Å². The summed E-state index contributed by atoms with van der Waals surface area (Å²) in [6.07, 6.45) is -3.17. The van der Waals surface area contributed by atoms with Crippen LogP contribution in [0.1, 0.15) is 27.4 Å². The Balaban J connectivity index is 1.56. The summed E-state index contributed by atoms with van der Waals surface area (Å²) >= 11 is 6.00. The van der Waals surface area contributed by atoms with Crippen molar-refractivity contribution in [3.8, 4) is 0 Å². The first-order chi connectivity index (χ1) is 14.6. The SMILES string of the molecule is Cc1cc(C(F)(F)F)n2nc(C(=O)Nc3ccn(Cc4c(F)cccc4Cl)n3)cc2n1. The molecule has 0 aliphatic rings. The summed E-state index contributed by atoms with van der Waals surface area (Å²) in [4.78, 5) is 16.5. The standard InChI is InChI=1S/C19H13ClF4N6O/c1-10-7-15(19(22,23)24)30-17(25-10)8-14(27-30)18(31)26-16-5-6-29(28-16)9-11-12(20)3-2-4-13(11)21/h2-8H,9H2,1H3,(H,26,28,31). The van der Waals surface area contributed by atoms with E-state index in [1.807, 2.05) is 0 Å². The number of aromatic nitrogens is 5. The molecule has 0 radical (unpaired) electrons. The zero-order valence-corrected chi connectivity index (χ0v) is 16.5. The highest BCUT2D eigenvalue weighted by Gasteiger charge is 2.35. The number of anilines is 1. The third kappa shape index (κ3) is 4.22. The Morgan fingerprint density at radius 2 is 1.97 bits per heavy atom. The van der Waals surface area contributed by atoms with E-state index in [1.165, 1.54) is 36.0 Å². The van der Waals surface area contributed by atoms with Gasteiger partial charge in [0.1, 0.15) is 11.5 Å². The molecule has 1 amide bonds. The molecule has 160 valence electrons. The maximum Gasteiger partial charge on any atom is 0.433 e. The number of rotatable bonds is 4. The van der Waals surface area contributed by atoms with Gasteiger partial charge in [0.15, 0.2) is 17.2 Å². The van der Waals surface area contributed by atoms with Gasteiger partial charge in [-0.3, -0.25) is 9.48 Å². The molecule has 0 unspecified atom stereocenters. The van der Waals surface area contributed by atoms with Crippen molar-refractivity contribution >= 4 is 29.0 Å². The average Bonchev–Trinajstić information content (AvgIpc) is 3.30. The van der Waals surface area contributed by atoms with Gasteiger partial charge in [0.05, 0.1) is 6.54 Å². The number of hydrogen-bond acceptors (Lipinski definition) is 4. The molecule has 0 spiro atoms. The van der Waals surface area contributed by atoms with Gasteiger partial charge < -0.3 is 5.32 Å². The summed E-state index contributed by atoms with van der Waals surface area (Å²) in [6, 6.07) is 7.73. The maximum atomic E-state index is 13.9. The normalized spacial score (nSPS) is 11.8. The molecule has 3 aromatic heterocycles. The number of amides is 1. The van der Waals surface area contributed by atoms with Crippen LogP contribution in [0.15, 0.2) is 42.6 Å². The van der Waals surface area contributed by atoms with Crippen molar-refractivity contribution in [3.63, 3.8) is 0 Å². The Morgan fingerprint density at radius 3 is 2.68 bits per heavy atom. The molecule has 4 rings (SSSR count). The number of nitrogens with one attached hydrogen (secondary N) is 1. The molecule has 3 heterocycles. The van der Waals surface area contributed by atoms with Crippen LogP contribution in [0.2, 0.25) is 5.02 Å². The lowest BCUT2D eigenvalue weighted by Gasteiger charge is -2.09. The molecule has 0 aliphatic carbocycles. The van der Waals surface area contributed by atoms with Crippen LogP contribution in [0, 0.1) is 12.7 Å². The molecule has 1 aromatic carbocycles. The molecule has 0 saturated carbocycles. The van der Waals surface area contributed by atoms with Gasteiger partial charge in [-0.05, 0) is 25.1 Å². The third-order valence-corrected chi connectivity index (χ3v) is 4.70. The maximum absolute atomic E-state index is 13.9. The monoisotopic (exact) mass is 452 g/mol. The number of hydrogen-bond donors (Lipinski definition) is 1. The van der Waals surface area contributed by atoms with Gasteiger partial charge >= 0.3 is 6.18 Å². The minimum absolute atomic E-state index is 0.0217. The number of nitrogens with zero attached hydrogens (tertiary/aromatic N) is 5. The Labute approximate surface area is 177 Å². The Bertz CT molecular complexity index is 1280. The van der Waals surface area contributed by atoms with Crippen LogP contribution in [-0.4, -0.2) is 30.3 Å². The molecule has 0 atom stereocenters. The van der Waals surface area contributed by atoms with Crippen LogP contribution in [0.25, 0.3) is 5.65 Å². The summed E-state index contributed by atoms with van der Waals surface area (Å²) in [5.74, 6) is -1.17. The molecule has 0 aliphatic heterocycles. The Hall–Kier alpha value is -3.47. The van der Waals surface area contributed by atoms with Crippen molar-refractivity contribution in [2.24, 2.45) is 0 Å². The van der Waals surface area contributed by atoms with Crippen LogP contribution in [0.3, 0.4) is 0 Å². The van der Waals surface area contributed by atoms with E-state index in [2.05, 4.69) is 20.5 Å². The van der Waals surface area contributed by atoms with Gasteiger partial charge in [-0.25, -0.2) is 13.9 Å². The predicted molar refractivity (Wildman–Crippen MR) is 103 cm³/mol. The first-order valence-electron chi connectivity index (χ1n) is 8.84. The van der Waals surface area contributed by atoms with Gasteiger partial charge in [0, 0.05) is 34.6 Å². The molecule has 7 nitrogen and oxygen atoms in total. The van der Waals surface area contributed by atoms with E-state index in [4.69, 9.17) is 11.6 Å². The zero-order valence-electron chi connectivity index (χ0n) is 15.8. The lowest BCUT2D eigenvalue weighted by Crippen LogP contribution is -2.16. The number of halogens is 5. The van der Waals surface area contributed by atoms with Crippen molar-refractivity contribution in [3.05, 3.63) is 76.1 Å². The quantitative estimate of drug-likeness (QED) is 0.467. The van der Waals surface area contributed by atoms with E-state index in [0.717, 1.165) is 12.1 Å². The lowest BCUT2D eigenvalue weighted by molar-refractivity contribution is -0.142. The van der Waals surface area contributed by atoms with E-state index in [0.29, 0.717) is 4.52 Å². The van der Waals surface area contributed by atoms with Crippen molar-refractivity contribution in [2.45, 2.75) is 19.6 Å². The van der Waals surface area contributed by atoms with E-state index in [1.54, 1.807) is 6.07 Å². The van der Waals surface area contributed by atoms with E-state index >= 15 is 0 Å². The second kappa shape index (κ2) is 7.65. The predicted octanol–water partition coefficient (Wildman–Crippen LogP) is 4.35. The topological polar surface area (TPSA) is 77.1 Å². The van der Waals surface area contributed by atoms with Crippen LogP contribution in [0.4, 0.5) is 23.4 Å². The third-order valence-electron chi connectivity index (χ3n) is 4.34. The van der Waals surface area contributed by atoms with E-state index < -0.39 is 23.6 Å². The molecule has 31 heavy (non-hydrogen) atoms. The summed E-state index contributed by atoms with van der Waals surface area (Å²) in [5.41, 5.74) is -1.06. The molecule has 12 heteroatoms. The van der Waals surface area contributed by atoms with Crippen LogP contribution in [0.5, 0.6) is 0 Å². The van der Waals surface area contributed by atoms with Gasteiger partial charge in [-0.2, -0.15) is 23.4 Å². The molecule has 1 N–H and O–H groups in total. The summed E-state index contributed by atoms with van der Waals surface area (Å²) < 4.78 is 55.6. The highest BCUT2D eigenvalue weighted by atomic mass is 35.5. The number of aryl methyl sites for hydroxylation is 1. The van der Waals surface area contributed by atoms with E-state index in [-0.39, 0.29) is 40.0 Å². The molecular weight excluding hydrogens is 440 g/mol. The first-order valence-corrected chi connectivity index (χ1v) is 9.22. The fourth-order valence-corrected chi connectivity index (χ4v) is 3.18. The number of carbonyl (C=O) groups is 1. The highest BCUT2D eigenvalue weighted by molar-refractivity contribution is 6.31. The average molecular weight is 453 g/mol. The van der Waals surface area contributed by atoms with Crippen molar-refractivity contribution in [2.75, 3.05) is 5.32 Å². The van der Waals surface area contributed by atoms with Crippen LogP contribution < -0.4 is 5.32 Å². The van der Waals surface area contributed by atoms with Crippen molar-refractivity contribution in [1.82, 2.24) is 24.4 Å². The fourth-order valence-electron chi connectivity index (χ4n) is 2.96. The van der Waals surface area contributed by atoms with Gasteiger partial charge in [-0.15, -0.1) is 0 Å². The second-order valence-corrected chi connectivity index (χ2v) is 7.04. The minimum atomic E-state index is -4.67. The number of fused-ring (bicyclic) bond motifs is 1. The van der Waals surface area contributed by atoms with Crippen molar-refractivity contribution < 1.29 is 22.4 Å². The first kappa shape index (κ1) is 20.8. The molecule has 0 bridgehead atoms. The summed E-state index contributed by atoms with van der Waals surface area (Å²) in [7, 11) is 0. The second-order valence-electron chi connectivity index (χ2n) is 6.63. The van der Waals surface area contributed by atoms with Gasteiger partial charge in [-0.1, -0.05) is 17.7 Å². The van der Waals surface area contributed by atoms with Crippen LogP contribution in [-0.2, 0) is 12.7 Å². The summed E-state index contributed by atoms with van der Waals surface area (Å²) in [6.45, 7) is 1.43. The smallest absolute Gasteiger partial charge is 0.304 e. The number of alkyl halides is 3. The number of carbonyl (C=O) groups excluding carboxylic acids is 1. The number of benzene rings is 1. The van der Waals surface area contributed by atoms with Crippen LogP contribution >= 0.6 is 11.6 Å². The minimum Gasteiger partial charge on any atom is -0.304 e. The highest BCUT2D eigenvalue weighted by Crippen LogP contribution is 2.30. The largest absolute Gasteiger partial charge is 0.433 e. The van der Waals surface area contributed by atoms with Crippen molar-refractivity contribution in [1.29, 1.82) is 0 Å². The molecule has 4 aromatic rings. The molecule has 0 fully saturated rings. The molecule has 0 saturated heterocycles. The fraction of sp³-hybridized carbons (Fsp3) is 0.158. The lowest BCUT2D eigenvalue weighted by atomic mass is 10.2.